The highest BCUT2D eigenvalue weighted by molar-refractivity contribution is 5.90. The molecule has 1 aromatic rings. The van der Waals surface area contributed by atoms with E-state index in [0.29, 0.717) is 44.4 Å². The lowest BCUT2D eigenvalue weighted by Gasteiger charge is -2.45. The lowest BCUT2D eigenvalue weighted by Crippen LogP contribution is -2.60. The van der Waals surface area contributed by atoms with Crippen LogP contribution in [0.5, 0.6) is 0 Å². The van der Waals surface area contributed by atoms with E-state index in [4.69, 9.17) is 4.74 Å². The quantitative estimate of drug-likeness (QED) is 0.693. The zero-order valence-electron chi connectivity index (χ0n) is 19.7. The second-order valence-electron chi connectivity index (χ2n) is 10.4. The van der Waals surface area contributed by atoms with Gasteiger partial charge in [0.1, 0.15) is 17.6 Å². The number of hydrogen-bond donors (Lipinski definition) is 0. The molecule has 1 aromatic carbocycles. The van der Waals surface area contributed by atoms with Crippen LogP contribution in [0, 0.1) is 17.7 Å². The Kier molecular flexibility index (Phi) is 6.34. The number of halogens is 1. The number of anilines is 1. The molecule has 4 aliphatic rings. The number of nitrogens with zero attached hydrogens (tertiary/aromatic N) is 3. The molecule has 2 saturated carbocycles. The zero-order valence-corrected chi connectivity index (χ0v) is 19.7. The van der Waals surface area contributed by atoms with Gasteiger partial charge in [-0.1, -0.05) is 31.9 Å². The molecule has 1 atom stereocenters. The van der Waals surface area contributed by atoms with Crippen LogP contribution in [0.15, 0.2) is 24.3 Å². The van der Waals surface area contributed by atoms with Crippen molar-refractivity contribution in [1.82, 2.24) is 9.80 Å². The largest absolute Gasteiger partial charge is 0.366 e. The summed E-state index contributed by atoms with van der Waals surface area (Å²) in [5.41, 5.74) is -0.0243. The molecule has 0 bridgehead atoms. The van der Waals surface area contributed by atoms with Gasteiger partial charge in [-0.2, -0.15) is 0 Å². The molecule has 0 radical (unpaired) electrons. The topological polar surface area (TPSA) is 53.1 Å². The van der Waals surface area contributed by atoms with Crippen LogP contribution in [0.1, 0.15) is 58.3 Å². The van der Waals surface area contributed by atoms with E-state index in [2.05, 4.69) is 6.92 Å². The van der Waals surface area contributed by atoms with Crippen molar-refractivity contribution in [2.45, 2.75) is 70.1 Å². The number of rotatable bonds is 3. The molecule has 0 aromatic heterocycles. The number of amides is 2. The van der Waals surface area contributed by atoms with Crippen LogP contribution in [-0.2, 0) is 14.3 Å². The highest BCUT2D eigenvalue weighted by atomic mass is 19.1. The van der Waals surface area contributed by atoms with Crippen molar-refractivity contribution >= 4 is 17.5 Å². The molecule has 0 N–H and O–H groups in total. The van der Waals surface area contributed by atoms with Gasteiger partial charge < -0.3 is 14.5 Å². The highest BCUT2D eigenvalue weighted by Gasteiger charge is 2.55. The monoisotopic (exact) mass is 457 g/mol. The van der Waals surface area contributed by atoms with Crippen molar-refractivity contribution < 1.29 is 18.7 Å². The first-order valence-corrected chi connectivity index (χ1v) is 12.7. The number of benzene rings is 1. The van der Waals surface area contributed by atoms with E-state index in [0.717, 1.165) is 51.4 Å². The summed E-state index contributed by atoms with van der Waals surface area (Å²) in [6.45, 7) is 4.76. The summed E-state index contributed by atoms with van der Waals surface area (Å²) in [4.78, 5) is 33.1. The zero-order chi connectivity index (χ0) is 23.0. The van der Waals surface area contributed by atoms with Crippen molar-refractivity contribution in [3.05, 3.63) is 30.1 Å². The van der Waals surface area contributed by atoms with E-state index in [1.807, 2.05) is 20.8 Å². The molecule has 4 fully saturated rings. The number of carbonyl (C=O) groups excluding carboxylic acids is 2. The Labute approximate surface area is 196 Å². The summed E-state index contributed by atoms with van der Waals surface area (Å²) in [7, 11) is 0. The molecule has 1 spiro atoms. The summed E-state index contributed by atoms with van der Waals surface area (Å²) in [5.74, 6) is 0.538. The van der Waals surface area contributed by atoms with Crippen LogP contribution in [-0.4, -0.2) is 66.2 Å². The van der Waals surface area contributed by atoms with Crippen LogP contribution in [0.25, 0.3) is 0 Å². The van der Waals surface area contributed by atoms with Crippen LogP contribution in [0.2, 0.25) is 0 Å². The lowest BCUT2D eigenvalue weighted by molar-refractivity contribution is -0.166. The summed E-state index contributed by atoms with van der Waals surface area (Å²) in [6.07, 6.45) is 7.70. The van der Waals surface area contributed by atoms with Crippen molar-refractivity contribution in [3.63, 3.8) is 0 Å². The second-order valence-corrected chi connectivity index (χ2v) is 10.4. The highest BCUT2D eigenvalue weighted by Crippen LogP contribution is 2.44. The molecule has 6 nitrogen and oxygen atoms in total. The van der Waals surface area contributed by atoms with E-state index >= 15 is 0 Å². The Hall–Kier alpha value is -2.15. The van der Waals surface area contributed by atoms with E-state index in [-0.39, 0.29) is 23.5 Å². The van der Waals surface area contributed by atoms with Gasteiger partial charge in [0.05, 0.1) is 12.3 Å². The third kappa shape index (κ3) is 4.25. The summed E-state index contributed by atoms with van der Waals surface area (Å²) in [6, 6.07) is 6.25. The Morgan fingerprint density at radius 2 is 1.64 bits per heavy atom. The van der Waals surface area contributed by atoms with Gasteiger partial charge in [0.25, 0.3) is 0 Å². The lowest BCUT2D eigenvalue weighted by atomic mass is 9.83. The second kappa shape index (κ2) is 9.24. The predicted octanol–water partition coefficient (Wildman–Crippen LogP) is 3.80. The van der Waals surface area contributed by atoms with Crippen molar-refractivity contribution in [2.75, 3.05) is 37.7 Å². The molecule has 2 saturated heterocycles. The molecule has 33 heavy (non-hydrogen) atoms. The van der Waals surface area contributed by atoms with E-state index in [1.54, 1.807) is 12.1 Å². The van der Waals surface area contributed by atoms with Gasteiger partial charge in [-0.05, 0) is 56.6 Å². The third-order valence-electron chi connectivity index (χ3n) is 8.33. The molecule has 2 heterocycles. The number of ether oxygens (including phenoxy) is 1. The van der Waals surface area contributed by atoms with Crippen LogP contribution in [0.3, 0.4) is 0 Å². The SMILES string of the molecule is CC1CCC2(CC1)OCC(C(=O)N1CCN(c3ccccc3F)CC1)N2C(=O)C1CCCC1. The fourth-order valence-corrected chi connectivity index (χ4v) is 6.25. The van der Waals surface area contributed by atoms with Gasteiger partial charge >= 0.3 is 0 Å². The average Bonchev–Trinajstić information content (AvgIpc) is 3.50. The smallest absolute Gasteiger partial charge is 0.248 e. The van der Waals surface area contributed by atoms with Gasteiger partial charge in [-0.3, -0.25) is 14.5 Å². The first-order valence-electron chi connectivity index (χ1n) is 12.7. The van der Waals surface area contributed by atoms with Crippen molar-refractivity contribution in [1.29, 1.82) is 0 Å². The van der Waals surface area contributed by atoms with Crippen molar-refractivity contribution in [2.24, 2.45) is 11.8 Å². The maximum Gasteiger partial charge on any atom is 0.248 e. The molecule has 2 aliphatic carbocycles. The number of carbonyl (C=O) groups is 2. The fourth-order valence-electron chi connectivity index (χ4n) is 6.25. The normalized spacial score (nSPS) is 30.9. The molecule has 2 amide bonds. The Morgan fingerprint density at radius 3 is 2.30 bits per heavy atom. The average molecular weight is 458 g/mol. The van der Waals surface area contributed by atoms with E-state index in [1.165, 1.54) is 6.07 Å². The predicted molar refractivity (Wildman–Crippen MR) is 124 cm³/mol. The van der Waals surface area contributed by atoms with Gasteiger partial charge in [-0.15, -0.1) is 0 Å². The van der Waals surface area contributed by atoms with Gasteiger partial charge in [-0.25, -0.2) is 4.39 Å². The minimum absolute atomic E-state index is 0.00923. The summed E-state index contributed by atoms with van der Waals surface area (Å²) in [5, 5.41) is 0. The van der Waals surface area contributed by atoms with Crippen LogP contribution >= 0.6 is 0 Å². The Morgan fingerprint density at radius 1 is 0.970 bits per heavy atom. The number of hydrogen-bond acceptors (Lipinski definition) is 4. The van der Waals surface area contributed by atoms with Gasteiger partial charge in [0.15, 0.2) is 0 Å². The maximum absolute atomic E-state index is 14.2. The molecule has 2 aliphatic heterocycles. The molecular formula is C26H36FN3O3. The first kappa shape index (κ1) is 22.6. The minimum Gasteiger partial charge on any atom is -0.366 e. The standard InChI is InChI=1S/C26H36FN3O3/c1-19-10-12-26(13-11-19)30(24(31)20-6-2-3-7-20)23(18-33-26)25(32)29-16-14-28(15-17-29)22-9-5-4-8-21(22)27/h4-5,8-9,19-20,23H,2-3,6-7,10-18H2,1H3. The number of para-hydroxylation sites is 1. The Bertz CT molecular complexity index is 871. The molecular weight excluding hydrogens is 421 g/mol. The summed E-state index contributed by atoms with van der Waals surface area (Å²) < 4.78 is 20.6. The van der Waals surface area contributed by atoms with Gasteiger partial charge in [0.2, 0.25) is 11.8 Å². The maximum atomic E-state index is 14.2. The van der Waals surface area contributed by atoms with Crippen molar-refractivity contribution in [3.8, 4) is 0 Å². The number of piperazine rings is 1. The van der Waals surface area contributed by atoms with Gasteiger partial charge in [0, 0.05) is 32.1 Å². The van der Waals surface area contributed by atoms with E-state index in [9.17, 15) is 14.0 Å². The minimum atomic E-state index is -0.610. The third-order valence-corrected chi connectivity index (χ3v) is 8.33. The van der Waals surface area contributed by atoms with Crippen LogP contribution in [0.4, 0.5) is 10.1 Å². The van der Waals surface area contributed by atoms with E-state index < -0.39 is 11.8 Å². The Balaban J connectivity index is 1.31. The molecule has 1 unspecified atom stereocenters. The molecule has 180 valence electrons. The molecule has 5 rings (SSSR count). The fraction of sp³-hybridized carbons (Fsp3) is 0.692. The van der Waals surface area contributed by atoms with Crippen LogP contribution < -0.4 is 4.90 Å². The molecule has 7 heteroatoms. The first-order chi connectivity index (χ1) is 16.0. The summed E-state index contributed by atoms with van der Waals surface area (Å²) >= 11 is 0.